The molecule has 6 nitrogen and oxygen atoms in total. The zero-order valence-electron chi connectivity index (χ0n) is 16.9. The highest BCUT2D eigenvalue weighted by molar-refractivity contribution is 7.05. The van der Waals surface area contributed by atoms with Gasteiger partial charge in [0.25, 0.3) is 0 Å². The lowest BCUT2D eigenvalue weighted by Gasteiger charge is -2.40. The van der Waals surface area contributed by atoms with Gasteiger partial charge in [0.15, 0.2) is 0 Å². The van der Waals surface area contributed by atoms with Crippen molar-refractivity contribution in [1.29, 1.82) is 0 Å². The summed E-state index contributed by atoms with van der Waals surface area (Å²) >= 11 is 1.54. The molecule has 28 heavy (non-hydrogen) atoms. The molecule has 3 fully saturated rings. The second-order valence-corrected chi connectivity index (χ2v) is 9.92. The van der Waals surface area contributed by atoms with Crippen molar-refractivity contribution >= 4 is 17.4 Å². The van der Waals surface area contributed by atoms with Crippen LogP contribution in [0.5, 0.6) is 0 Å². The zero-order chi connectivity index (χ0) is 18.9. The second-order valence-electron chi connectivity index (χ2n) is 9.14. The molecule has 3 saturated heterocycles. The highest BCUT2D eigenvalue weighted by atomic mass is 32.1. The molecule has 0 spiro atoms. The number of piperidine rings is 2. The van der Waals surface area contributed by atoms with Crippen molar-refractivity contribution in [1.82, 2.24) is 24.3 Å². The van der Waals surface area contributed by atoms with Gasteiger partial charge in [-0.15, -0.1) is 5.10 Å². The van der Waals surface area contributed by atoms with Crippen LogP contribution in [0.1, 0.15) is 74.4 Å². The fourth-order valence-electron chi connectivity index (χ4n) is 5.90. The van der Waals surface area contributed by atoms with Gasteiger partial charge in [0, 0.05) is 37.6 Å². The molecule has 0 saturated carbocycles. The molecule has 0 N–H and O–H groups in total. The molecule has 4 aliphatic rings. The predicted octanol–water partition coefficient (Wildman–Crippen LogP) is 2.86. The van der Waals surface area contributed by atoms with Gasteiger partial charge in [0.2, 0.25) is 5.91 Å². The van der Waals surface area contributed by atoms with Gasteiger partial charge in [-0.25, -0.2) is 0 Å². The van der Waals surface area contributed by atoms with E-state index in [1.54, 1.807) is 11.5 Å². The van der Waals surface area contributed by atoms with Crippen molar-refractivity contribution in [3.8, 4) is 0 Å². The summed E-state index contributed by atoms with van der Waals surface area (Å²) in [6.07, 6.45) is 12.2. The summed E-state index contributed by atoms with van der Waals surface area (Å²) in [6, 6.07) is 1.32. The average Bonchev–Trinajstić information content (AvgIpc) is 3.31. The van der Waals surface area contributed by atoms with Gasteiger partial charge in [0.05, 0.1) is 17.1 Å². The minimum absolute atomic E-state index is 0.362. The Bertz CT molecular complexity index is 688. The van der Waals surface area contributed by atoms with Crippen LogP contribution in [0.2, 0.25) is 0 Å². The van der Waals surface area contributed by atoms with Gasteiger partial charge >= 0.3 is 0 Å². The van der Waals surface area contributed by atoms with Gasteiger partial charge < -0.3 is 9.80 Å². The Morgan fingerprint density at radius 3 is 2.79 bits per heavy atom. The van der Waals surface area contributed by atoms with E-state index >= 15 is 0 Å². The van der Waals surface area contributed by atoms with Crippen molar-refractivity contribution in [2.75, 3.05) is 32.7 Å². The molecule has 0 aliphatic carbocycles. The van der Waals surface area contributed by atoms with E-state index in [4.69, 9.17) is 0 Å². The lowest BCUT2D eigenvalue weighted by atomic mass is 9.98. The highest BCUT2D eigenvalue weighted by Crippen LogP contribution is 2.44. The zero-order valence-corrected chi connectivity index (χ0v) is 17.7. The lowest BCUT2D eigenvalue weighted by Crippen LogP contribution is -2.51. The van der Waals surface area contributed by atoms with E-state index < -0.39 is 0 Å². The summed E-state index contributed by atoms with van der Waals surface area (Å²) in [5, 5.41) is 4.32. The normalized spacial score (nSPS) is 31.1. The predicted molar refractivity (Wildman–Crippen MR) is 110 cm³/mol. The van der Waals surface area contributed by atoms with E-state index in [0.717, 1.165) is 25.8 Å². The molecule has 0 radical (unpaired) electrons. The lowest BCUT2D eigenvalue weighted by molar-refractivity contribution is -0.137. The molecular weight excluding hydrogens is 370 g/mol. The average molecular weight is 404 g/mol. The Hall–Kier alpha value is -1.05. The molecule has 3 unspecified atom stereocenters. The maximum atomic E-state index is 13.3. The van der Waals surface area contributed by atoms with Gasteiger partial charge in [-0.2, -0.15) is 0 Å². The largest absolute Gasteiger partial charge is 0.339 e. The second kappa shape index (κ2) is 8.36. The maximum Gasteiger partial charge on any atom is 0.237 e. The Kier molecular flexibility index (Phi) is 5.66. The first-order valence-electron chi connectivity index (χ1n) is 11.4. The molecule has 1 aromatic heterocycles. The summed E-state index contributed by atoms with van der Waals surface area (Å²) in [5.41, 5.74) is 1.19. The number of hydrogen-bond donors (Lipinski definition) is 0. The van der Waals surface area contributed by atoms with Crippen LogP contribution in [0.25, 0.3) is 0 Å². The third kappa shape index (κ3) is 3.73. The van der Waals surface area contributed by atoms with Crippen LogP contribution in [0.4, 0.5) is 0 Å². The molecule has 5 rings (SSSR count). The third-order valence-corrected chi connectivity index (χ3v) is 8.32. The SMILES string of the molecule is O=C(CN1C2CCC1c1snnc1C2)N1CCCCC1CCN1CCCCC1. The summed E-state index contributed by atoms with van der Waals surface area (Å²) in [7, 11) is 0. The molecule has 2 bridgehead atoms. The van der Waals surface area contributed by atoms with Crippen LogP contribution in [0.15, 0.2) is 0 Å². The topological polar surface area (TPSA) is 52.6 Å². The summed E-state index contributed by atoms with van der Waals surface area (Å²) in [5.74, 6) is 0.362. The van der Waals surface area contributed by atoms with E-state index in [-0.39, 0.29) is 0 Å². The standard InChI is InChI=1S/C21H33N5OS/c27-20(15-26-17-7-8-19(26)21-18(14-17)22-23-28-21)25-12-5-2-6-16(25)9-13-24-10-3-1-4-11-24/h16-17,19H,1-15H2. The number of aromatic nitrogens is 2. The van der Waals surface area contributed by atoms with Crippen molar-refractivity contribution in [3.05, 3.63) is 10.6 Å². The van der Waals surface area contributed by atoms with Crippen LogP contribution in [0.3, 0.4) is 0 Å². The van der Waals surface area contributed by atoms with E-state index in [1.165, 1.54) is 75.2 Å². The Labute approximate surface area is 172 Å². The number of fused-ring (bicyclic) bond motifs is 4. The fraction of sp³-hybridized carbons (Fsp3) is 0.857. The van der Waals surface area contributed by atoms with Crippen molar-refractivity contribution in [2.45, 2.75) is 82.3 Å². The van der Waals surface area contributed by atoms with Crippen molar-refractivity contribution in [3.63, 3.8) is 0 Å². The molecule has 3 atom stereocenters. The van der Waals surface area contributed by atoms with Crippen molar-refractivity contribution < 1.29 is 4.79 Å². The van der Waals surface area contributed by atoms with Crippen LogP contribution < -0.4 is 0 Å². The van der Waals surface area contributed by atoms with E-state index in [2.05, 4.69) is 24.3 Å². The fourth-order valence-corrected chi connectivity index (χ4v) is 6.73. The Morgan fingerprint density at radius 2 is 1.89 bits per heavy atom. The van der Waals surface area contributed by atoms with Crippen molar-refractivity contribution in [2.24, 2.45) is 0 Å². The first-order valence-corrected chi connectivity index (χ1v) is 12.2. The number of amides is 1. The molecule has 7 heteroatoms. The number of nitrogens with zero attached hydrogens (tertiary/aromatic N) is 5. The number of likely N-dealkylation sites (tertiary alicyclic amines) is 2. The molecule has 5 heterocycles. The number of carbonyl (C=O) groups excluding carboxylic acids is 1. The first-order chi connectivity index (χ1) is 13.8. The Balaban J connectivity index is 1.21. The minimum Gasteiger partial charge on any atom is -0.339 e. The summed E-state index contributed by atoms with van der Waals surface area (Å²) in [6.45, 7) is 5.22. The Morgan fingerprint density at radius 1 is 1.04 bits per heavy atom. The maximum absolute atomic E-state index is 13.3. The minimum atomic E-state index is 0.362. The summed E-state index contributed by atoms with van der Waals surface area (Å²) < 4.78 is 4.17. The van der Waals surface area contributed by atoms with Gasteiger partial charge in [-0.3, -0.25) is 9.69 Å². The number of carbonyl (C=O) groups is 1. The van der Waals surface area contributed by atoms with Crippen LogP contribution in [-0.4, -0.2) is 75.0 Å². The van der Waals surface area contributed by atoms with E-state index in [9.17, 15) is 4.79 Å². The smallest absolute Gasteiger partial charge is 0.237 e. The number of rotatable bonds is 5. The quantitative estimate of drug-likeness (QED) is 0.757. The van der Waals surface area contributed by atoms with Gasteiger partial charge in [-0.05, 0) is 76.0 Å². The number of hydrogen-bond acceptors (Lipinski definition) is 6. The summed E-state index contributed by atoms with van der Waals surface area (Å²) in [4.78, 5) is 22.0. The molecule has 1 aromatic rings. The van der Waals surface area contributed by atoms with Crippen LogP contribution in [0, 0.1) is 0 Å². The van der Waals surface area contributed by atoms with Crippen LogP contribution >= 0.6 is 11.5 Å². The monoisotopic (exact) mass is 403 g/mol. The molecule has 4 aliphatic heterocycles. The third-order valence-electron chi connectivity index (χ3n) is 7.45. The molecule has 0 aromatic carbocycles. The molecular formula is C21H33N5OS. The molecule has 1 amide bonds. The van der Waals surface area contributed by atoms with Crippen LogP contribution in [-0.2, 0) is 11.2 Å². The van der Waals surface area contributed by atoms with Gasteiger partial charge in [0.1, 0.15) is 0 Å². The van der Waals surface area contributed by atoms with Gasteiger partial charge in [-0.1, -0.05) is 10.9 Å². The molecule has 154 valence electrons. The highest BCUT2D eigenvalue weighted by Gasteiger charge is 2.43. The van der Waals surface area contributed by atoms with E-state index in [1.807, 2.05) is 0 Å². The first kappa shape index (κ1) is 18.9. The van der Waals surface area contributed by atoms with E-state index in [0.29, 0.717) is 30.6 Å².